The van der Waals surface area contributed by atoms with Crippen LogP contribution in [0.1, 0.15) is 59.1 Å². The summed E-state index contributed by atoms with van der Waals surface area (Å²) >= 11 is 0. The molecular formula is C29H28N2O6. The molecule has 3 aromatic rings. The highest BCUT2D eigenvalue weighted by molar-refractivity contribution is 6.35. The first-order chi connectivity index (χ1) is 17.9. The standard InChI is InChI=1S/C29H28N2O6/c1-3-37-27(34)12-10-19-23(30-21-5-4-6-25(33)28(19)21)15-20-18-9-7-16(13-22(18)31-29(20)35)17-8-11-24(32)26(14-17)36-2/h7-9,11,13-15,30,32H,3-6,10,12H2,1-2H3,(H,31,35). The van der Waals surface area contributed by atoms with Crippen molar-refractivity contribution in [2.24, 2.45) is 0 Å². The van der Waals surface area contributed by atoms with E-state index in [0.29, 0.717) is 47.7 Å². The fraction of sp³-hybridized carbons (Fsp3) is 0.276. The van der Waals surface area contributed by atoms with Crippen LogP contribution in [-0.2, 0) is 27.2 Å². The quantitative estimate of drug-likeness (QED) is 0.314. The van der Waals surface area contributed by atoms with Crippen molar-refractivity contribution in [3.05, 3.63) is 64.5 Å². The molecule has 1 amide bonds. The highest BCUT2D eigenvalue weighted by atomic mass is 16.5. The van der Waals surface area contributed by atoms with Crippen LogP contribution < -0.4 is 10.1 Å². The van der Waals surface area contributed by atoms with E-state index in [4.69, 9.17) is 9.47 Å². The van der Waals surface area contributed by atoms with Gasteiger partial charge in [-0.15, -0.1) is 0 Å². The number of carbonyl (C=O) groups excluding carboxylic acids is 3. The third-order valence-corrected chi connectivity index (χ3v) is 6.81. The molecule has 37 heavy (non-hydrogen) atoms. The van der Waals surface area contributed by atoms with Crippen LogP contribution in [0.3, 0.4) is 0 Å². The lowest BCUT2D eigenvalue weighted by Crippen LogP contribution is -2.12. The van der Waals surface area contributed by atoms with Crippen molar-refractivity contribution in [2.45, 2.75) is 39.0 Å². The summed E-state index contributed by atoms with van der Waals surface area (Å²) in [5.74, 6) is -0.0846. The second-order valence-electron chi connectivity index (χ2n) is 9.11. The largest absolute Gasteiger partial charge is 0.504 e. The van der Waals surface area contributed by atoms with E-state index >= 15 is 0 Å². The number of H-pyrrole nitrogens is 1. The molecule has 1 aliphatic heterocycles. The molecular weight excluding hydrogens is 472 g/mol. The van der Waals surface area contributed by atoms with Crippen molar-refractivity contribution in [3.63, 3.8) is 0 Å². The molecule has 0 unspecified atom stereocenters. The number of phenols is 1. The number of aromatic hydroxyl groups is 1. The number of esters is 1. The lowest BCUT2D eigenvalue weighted by Gasteiger charge is -2.11. The summed E-state index contributed by atoms with van der Waals surface area (Å²) in [4.78, 5) is 41.2. The SMILES string of the molecule is CCOC(=O)CCc1c(C=C2C(=O)Nc3cc(-c4ccc(O)c(OC)c4)ccc32)[nH]c2c1C(=O)CCC2. The molecule has 0 spiro atoms. The molecule has 1 aliphatic carbocycles. The van der Waals surface area contributed by atoms with E-state index in [-0.39, 0.29) is 29.8 Å². The van der Waals surface area contributed by atoms with Crippen molar-refractivity contribution < 1.29 is 29.0 Å². The molecule has 0 atom stereocenters. The molecule has 0 saturated carbocycles. The Morgan fingerprint density at radius 1 is 1.11 bits per heavy atom. The first kappa shape index (κ1) is 24.4. The summed E-state index contributed by atoms with van der Waals surface area (Å²) < 4.78 is 10.3. The van der Waals surface area contributed by atoms with Gasteiger partial charge < -0.3 is 24.9 Å². The number of fused-ring (bicyclic) bond motifs is 2. The molecule has 2 aliphatic rings. The van der Waals surface area contributed by atoms with Gasteiger partial charge >= 0.3 is 5.97 Å². The topological polar surface area (TPSA) is 118 Å². The fourth-order valence-electron chi connectivity index (χ4n) is 5.05. The highest BCUT2D eigenvalue weighted by Gasteiger charge is 2.29. The molecule has 0 saturated heterocycles. The molecule has 0 fully saturated rings. The number of amides is 1. The number of carbonyl (C=O) groups is 3. The smallest absolute Gasteiger partial charge is 0.306 e. The Kier molecular flexibility index (Phi) is 6.56. The van der Waals surface area contributed by atoms with Gasteiger partial charge in [-0.25, -0.2) is 0 Å². The maximum absolute atomic E-state index is 13.0. The van der Waals surface area contributed by atoms with E-state index in [9.17, 15) is 19.5 Å². The van der Waals surface area contributed by atoms with Gasteiger partial charge in [0.15, 0.2) is 17.3 Å². The number of nitrogens with one attached hydrogen (secondary N) is 2. The van der Waals surface area contributed by atoms with E-state index in [0.717, 1.165) is 40.8 Å². The number of ketones is 1. The van der Waals surface area contributed by atoms with Crippen molar-refractivity contribution in [1.82, 2.24) is 4.98 Å². The summed E-state index contributed by atoms with van der Waals surface area (Å²) in [6.45, 7) is 2.06. The van der Waals surface area contributed by atoms with Crippen molar-refractivity contribution >= 4 is 35.0 Å². The molecule has 2 aromatic carbocycles. The fourth-order valence-corrected chi connectivity index (χ4v) is 5.05. The number of rotatable bonds is 7. The number of ether oxygens (including phenoxy) is 2. The van der Waals surface area contributed by atoms with Crippen molar-refractivity contribution in [1.29, 1.82) is 0 Å². The summed E-state index contributed by atoms with van der Waals surface area (Å²) in [5, 5.41) is 12.8. The van der Waals surface area contributed by atoms with Crippen LogP contribution in [0.4, 0.5) is 5.69 Å². The minimum atomic E-state index is -0.318. The molecule has 5 rings (SSSR count). The van der Waals surface area contributed by atoms with Crippen LogP contribution >= 0.6 is 0 Å². The van der Waals surface area contributed by atoms with Gasteiger partial charge in [0.05, 0.1) is 19.3 Å². The van der Waals surface area contributed by atoms with Crippen molar-refractivity contribution in [2.75, 3.05) is 19.0 Å². The summed E-state index contributed by atoms with van der Waals surface area (Å²) in [6, 6.07) is 10.7. The van der Waals surface area contributed by atoms with E-state index in [2.05, 4.69) is 10.3 Å². The lowest BCUT2D eigenvalue weighted by atomic mass is 9.91. The predicted octanol–water partition coefficient (Wildman–Crippen LogP) is 4.90. The highest BCUT2D eigenvalue weighted by Crippen LogP contribution is 2.39. The Morgan fingerprint density at radius 2 is 1.89 bits per heavy atom. The Labute approximate surface area is 214 Å². The maximum Gasteiger partial charge on any atom is 0.306 e. The zero-order chi connectivity index (χ0) is 26.1. The first-order valence-electron chi connectivity index (χ1n) is 12.4. The average molecular weight is 501 g/mol. The summed E-state index contributed by atoms with van der Waals surface area (Å²) in [5.41, 5.74) is 6.53. The number of aromatic amines is 1. The maximum atomic E-state index is 13.0. The van der Waals surface area contributed by atoms with Crippen LogP contribution in [0.5, 0.6) is 11.5 Å². The zero-order valence-corrected chi connectivity index (χ0v) is 20.8. The number of Topliss-reactive ketones (excluding diaryl/α,β-unsaturated/α-hetero) is 1. The van der Waals surface area contributed by atoms with Gasteiger partial charge in [0.25, 0.3) is 5.91 Å². The number of methoxy groups -OCH3 is 1. The Hall–Kier alpha value is -4.33. The number of phenolic OH excluding ortho intramolecular Hbond substituents is 1. The molecule has 8 heteroatoms. The summed E-state index contributed by atoms with van der Waals surface area (Å²) in [7, 11) is 1.49. The molecule has 2 heterocycles. The molecule has 8 nitrogen and oxygen atoms in total. The number of hydrogen-bond acceptors (Lipinski definition) is 6. The van der Waals surface area contributed by atoms with Crippen LogP contribution in [0.15, 0.2) is 36.4 Å². The van der Waals surface area contributed by atoms with Gasteiger partial charge in [-0.05, 0) is 67.2 Å². The van der Waals surface area contributed by atoms with E-state index in [1.165, 1.54) is 7.11 Å². The average Bonchev–Trinajstić information content (AvgIpc) is 3.40. The molecule has 3 N–H and O–H groups in total. The molecule has 0 radical (unpaired) electrons. The third-order valence-electron chi connectivity index (χ3n) is 6.81. The van der Waals surface area contributed by atoms with Gasteiger partial charge in [-0.1, -0.05) is 18.2 Å². The number of hydrogen-bond donors (Lipinski definition) is 3. The second kappa shape index (κ2) is 9.97. The number of benzene rings is 2. The third kappa shape index (κ3) is 4.62. The second-order valence-corrected chi connectivity index (χ2v) is 9.11. The number of anilines is 1. The van der Waals surface area contributed by atoms with E-state index < -0.39 is 0 Å². The molecule has 0 bridgehead atoms. The number of aromatic nitrogens is 1. The Bertz CT molecular complexity index is 1450. The van der Waals surface area contributed by atoms with Gasteiger partial charge in [-0.3, -0.25) is 14.4 Å². The Morgan fingerprint density at radius 3 is 2.68 bits per heavy atom. The van der Waals surface area contributed by atoms with Crippen molar-refractivity contribution in [3.8, 4) is 22.6 Å². The van der Waals surface area contributed by atoms with Crippen LogP contribution in [0, 0.1) is 0 Å². The van der Waals surface area contributed by atoms with Gasteiger partial charge in [0.1, 0.15) is 0 Å². The van der Waals surface area contributed by atoms with Gasteiger partial charge in [-0.2, -0.15) is 0 Å². The van der Waals surface area contributed by atoms with Crippen LogP contribution in [0.2, 0.25) is 0 Å². The normalized spacial score (nSPS) is 15.4. The zero-order valence-electron chi connectivity index (χ0n) is 20.8. The number of aryl methyl sites for hydroxylation is 1. The first-order valence-corrected chi connectivity index (χ1v) is 12.4. The van der Waals surface area contributed by atoms with Gasteiger partial charge in [0, 0.05) is 41.0 Å². The molecule has 1 aromatic heterocycles. The lowest BCUT2D eigenvalue weighted by molar-refractivity contribution is -0.143. The van der Waals surface area contributed by atoms with Gasteiger partial charge in [0.2, 0.25) is 0 Å². The monoisotopic (exact) mass is 500 g/mol. The van der Waals surface area contributed by atoms with Crippen LogP contribution in [0.25, 0.3) is 22.8 Å². The van der Waals surface area contributed by atoms with E-state index in [1.54, 1.807) is 31.2 Å². The minimum Gasteiger partial charge on any atom is -0.504 e. The van der Waals surface area contributed by atoms with Crippen LogP contribution in [-0.4, -0.2) is 41.5 Å². The Balaban J connectivity index is 1.52. The summed E-state index contributed by atoms with van der Waals surface area (Å²) in [6.07, 6.45) is 4.28. The van der Waals surface area contributed by atoms with E-state index in [1.807, 2.05) is 18.2 Å². The minimum absolute atomic E-state index is 0.0526. The molecule has 190 valence electrons. The predicted molar refractivity (Wildman–Crippen MR) is 140 cm³/mol.